The molecule has 0 rings (SSSR count). The third kappa shape index (κ3) is 40.5. The van der Waals surface area contributed by atoms with Crippen molar-refractivity contribution in [3.05, 3.63) is 85.1 Å². The SMILES string of the molecule is CC/C=C\C/C=C\C/C=C\C/C=C\C[C@H](O)[C@@H](O)CCCC(=O)OC[C@H](COP(=O)(O)OCC[N+](C)(C)C)OC(=O)CCCCCC/C=C\C/C=C\C/C=C\CCCCC. The third-order valence-electron chi connectivity index (χ3n) is 9.11. The molecule has 0 saturated heterocycles. The maximum absolute atomic E-state index is 12.7. The van der Waals surface area contributed by atoms with Gasteiger partial charge in [0.15, 0.2) is 6.10 Å². The minimum absolute atomic E-state index is 0.0231. The molecule has 0 fully saturated rings. The van der Waals surface area contributed by atoms with E-state index >= 15 is 0 Å². The van der Waals surface area contributed by atoms with E-state index in [0.29, 0.717) is 17.4 Å². The summed E-state index contributed by atoms with van der Waals surface area (Å²) in [6, 6.07) is 0. The average molecular weight is 865 g/mol. The summed E-state index contributed by atoms with van der Waals surface area (Å²) in [5, 5.41) is 20.7. The molecule has 0 aliphatic carbocycles. The van der Waals surface area contributed by atoms with Crippen LogP contribution < -0.4 is 0 Å². The fourth-order valence-electron chi connectivity index (χ4n) is 5.46. The van der Waals surface area contributed by atoms with E-state index in [1.165, 1.54) is 19.3 Å². The zero-order chi connectivity index (χ0) is 44.6. The largest absolute Gasteiger partial charge is 0.472 e. The maximum Gasteiger partial charge on any atom is 0.472 e. The lowest BCUT2D eigenvalue weighted by Gasteiger charge is -2.24. The Morgan fingerprint density at radius 3 is 1.68 bits per heavy atom. The third-order valence-corrected chi connectivity index (χ3v) is 10.1. The molecule has 3 N–H and O–H groups in total. The van der Waals surface area contributed by atoms with Crippen LogP contribution in [0.5, 0.6) is 0 Å². The van der Waals surface area contributed by atoms with Crippen molar-refractivity contribution in [2.24, 2.45) is 0 Å². The molecule has 0 saturated carbocycles. The number of quaternary nitrogens is 1. The smallest absolute Gasteiger partial charge is 0.462 e. The number of carbonyl (C=O) groups excluding carboxylic acids is 2. The highest BCUT2D eigenvalue weighted by atomic mass is 31.2. The fourth-order valence-corrected chi connectivity index (χ4v) is 6.20. The van der Waals surface area contributed by atoms with Gasteiger partial charge in [-0.1, -0.05) is 125 Å². The van der Waals surface area contributed by atoms with Crippen molar-refractivity contribution in [1.82, 2.24) is 0 Å². The fraction of sp³-hybridized carbons (Fsp3) is 0.667. The molecule has 344 valence electrons. The van der Waals surface area contributed by atoms with Gasteiger partial charge in [0.2, 0.25) is 0 Å². The molecule has 0 aromatic carbocycles. The van der Waals surface area contributed by atoms with E-state index < -0.39 is 44.7 Å². The topological polar surface area (TPSA) is 149 Å². The monoisotopic (exact) mass is 865 g/mol. The second kappa shape index (κ2) is 39.0. The lowest BCUT2D eigenvalue weighted by molar-refractivity contribution is -0.870. The van der Waals surface area contributed by atoms with Crippen molar-refractivity contribution < 1.29 is 52.3 Å². The molecule has 0 radical (unpaired) electrons. The van der Waals surface area contributed by atoms with Crippen LogP contribution in [0.15, 0.2) is 85.1 Å². The molecular formula is C48H83NO10P+. The number of aliphatic hydroxyl groups excluding tert-OH is 2. The van der Waals surface area contributed by atoms with Gasteiger partial charge >= 0.3 is 19.8 Å². The van der Waals surface area contributed by atoms with E-state index in [4.69, 9.17) is 18.5 Å². The molecule has 1 unspecified atom stereocenters. The normalized spacial score (nSPS) is 15.4. The number of nitrogens with zero attached hydrogens (tertiary/aromatic N) is 1. The number of phosphoric acid groups is 1. The maximum atomic E-state index is 12.7. The number of hydrogen-bond acceptors (Lipinski definition) is 9. The summed E-state index contributed by atoms with van der Waals surface area (Å²) >= 11 is 0. The molecule has 0 aromatic rings. The van der Waals surface area contributed by atoms with Gasteiger partial charge in [-0.15, -0.1) is 0 Å². The Kier molecular flexibility index (Phi) is 37.1. The number of ether oxygens (including phenoxy) is 2. The zero-order valence-corrected chi connectivity index (χ0v) is 38.8. The summed E-state index contributed by atoms with van der Waals surface area (Å²) in [5.74, 6) is -1.12. The number of allylic oxidation sites excluding steroid dienone is 13. The van der Waals surface area contributed by atoms with Gasteiger partial charge in [-0.05, 0) is 89.9 Å². The van der Waals surface area contributed by atoms with Gasteiger partial charge in [-0.25, -0.2) is 4.57 Å². The van der Waals surface area contributed by atoms with Crippen molar-refractivity contribution in [3.8, 4) is 0 Å². The van der Waals surface area contributed by atoms with Crippen LogP contribution in [0.1, 0.15) is 142 Å². The molecular weight excluding hydrogens is 781 g/mol. The number of unbranched alkanes of at least 4 members (excludes halogenated alkanes) is 7. The molecule has 60 heavy (non-hydrogen) atoms. The predicted molar refractivity (Wildman–Crippen MR) is 245 cm³/mol. The van der Waals surface area contributed by atoms with Crippen molar-refractivity contribution in [3.63, 3.8) is 0 Å². The summed E-state index contributed by atoms with van der Waals surface area (Å²) in [7, 11) is 1.29. The van der Waals surface area contributed by atoms with Crippen molar-refractivity contribution in [1.29, 1.82) is 0 Å². The number of phosphoric ester groups is 1. The van der Waals surface area contributed by atoms with Crippen LogP contribution in [0.25, 0.3) is 0 Å². The first-order chi connectivity index (χ1) is 28.8. The molecule has 0 aromatic heterocycles. The van der Waals surface area contributed by atoms with Crippen LogP contribution in [0, 0.1) is 0 Å². The van der Waals surface area contributed by atoms with Gasteiger partial charge in [0, 0.05) is 12.8 Å². The molecule has 0 heterocycles. The number of aliphatic hydroxyl groups is 2. The molecule has 0 aliphatic heterocycles. The standard InChI is InChI=1S/C48H82NO10P/c1-6-8-10-12-14-16-18-20-21-22-23-24-26-28-30-32-34-38-48(53)59-44(43-58-60(54,55)57-41-40-49(3,4)5)42-56-47(52)39-35-37-46(51)45(50)36-33-31-29-27-25-19-17-15-13-11-9-7-2/h9,11,14-17,20-21,23-25,27,31,33,44-46,50-51H,6-8,10,12-13,18-19,22,26,28-30,32,34-43H2,1-5H3/p+1/b11-9-,16-14-,17-15-,21-20-,24-23-,27-25-,33-31-/t44-,45+,46+/m1/s1. The lowest BCUT2D eigenvalue weighted by Crippen LogP contribution is -2.37. The number of carbonyl (C=O) groups is 2. The van der Waals surface area contributed by atoms with E-state index in [2.05, 4.69) is 86.8 Å². The van der Waals surface area contributed by atoms with E-state index in [1.54, 1.807) is 0 Å². The van der Waals surface area contributed by atoms with Gasteiger partial charge in [-0.2, -0.15) is 0 Å². The van der Waals surface area contributed by atoms with Crippen LogP contribution in [0.3, 0.4) is 0 Å². The Labute approximate surface area is 364 Å². The number of esters is 2. The van der Waals surface area contributed by atoms with Gasteiger partial charge in [0.25, 0.3) is 0 Å². The van der Waals surface area contributed by atoms with Crippen molar-refractivity contribution >= 4 is 19.8 Å². The first kappa shape index (κ1) is 57.1. The highest BCUT2D eigenvalue weighted by Crippen LogP contribution is 2.43. The summed E-state index contributed by atoms with van der Waals surface area (Å²) in [5.41, 5.74) is 0. The molecule has 0 amide bonds. The Morgan fingerprint density at radius 1 is 0.600 bits per heavy atom. The number of likely N-dealkylation sites (N-methyl/N-ethyl adjacent to an activating group) is 1. The summed E-state index contributed by atoms with van der Waals surface area (Å²) in [4.78, 5) is 35.4. The van der Waals surface area contributed by atoms with Crippen molar-refractivity contribution in [2.45, 2.75) is 161 Å². The second-order valence-electron chi connectivity index (χ2n) is 16.0. The van der Waals surface area contributed by atoms with E-state index in [0.717, 1.165) is 70.6 Å². The van der Waals surface area contributed by atoms with Crippen LogP contribution in [-0.2, 0) is 32.7 Å². The van der Waals surface area contributed by atoms with Gasteiger partial charge in [0.05, 0.1) is 40.0 Å². The van der Waals surface area contributed by atoms with Crippen LogP contribution in [0.4, 0.5) is 0 Å². The highest BCUT2D eigenvalue weighted by molar-refractivity contribution is 7.47. The second-order valence-corrected chi connectivity index (χ2v) is 17.5. The van der Waals surface area contributed by atoms with Gasteiger partial charge in [0.1, 0.15) is 19.8 Å². The number of rotatable bonds is 39. The Morgan fingerprint density at radius 2 is 1.12 bits per heavy atom. The lowest BCUT2D eigenvalue weighted by atomic mass is 10.0. The Balaban J connectivity index is 4.65. The quantitative estimate of drug-likeness (QED) is 0.0179. The average Bonchev–Trinajstić information content (AvgIpc) is 3.19. The summed E-state index contributed by atoms with van der Waals surface area (Å²) in [6.45, 7) is 3.89. The Hall–Kier alpha value is -2.89. The molecule has 4 atom stereocenters. The molecule has 11 nitrogen and oxygen atoms in total. The van der Waals surface area contributed by atoms with Crippen molar-refractivity contribution in [2.75, 3.05) is 47.5 Å². The molecule has 0 aliphatic rings. The minimum Gasteiger partial charge on any atom is -0.462 e. The van der Waals surface area contributed by atoms with E-state index in [9.17, 15) is 29.3 Å². The van der Waals surface area contributed by atoms with Crippen LogP contribution >= 0.6 is 7.82 Å². The van der Waals surface area contributed by atoms with Crippen LogP contribution in [0.2, 0.25) is 0 Å². The van der Waals surface area contributed by atoms with Crippen LogP contribution in [-0.4, -0.2) is 97.3 Å². The van der Waals surface area contributed by atoms with Gasteiger partial charge < -0.3 is 29.1 Å². The zero-order valence-electron chi connectivity index (χ0n) is 37.9. The predicted octanol–water partition coefficient (Wildman–Crippen LogP) is 10.7. The Bertz CT molecular complexity index is 1330. The summed E-state index contributed by atoms with van der Waals surface area (Å²) in [6.07, 6.45) is 42.3. The van der Waals surface area contributed by atoms with E-state index in [-0.39, 0.29) is 45.3 Å². The van der Waals surface area contributed by atoms with Gasteiger partial charge in [-0.3, -0.25) is 18.6 Å². The first-order valence-electron chi connectivity index (χ1n) is 22.5. The summed E-state index contributed by atoms with van der Waals surface area (Å²) < 4.78 is 34.1. The first-order valence-corrected chi connectivity index (χ1v) is 24.0. The molecule has 0 spiro atoms. The molecule has 0 bridgehead atoms. The number of hydrogen-bond donors (Lipinski definition) is 3. The minimum atomic E-state index is -4.46. The van der Waals surface area contributed by atoms with E-state index in [1.807, 2.05) is 33.3 Å². The molecule has 12 heteroatoms. The highest BCUT2D eigenvalue weighted by Gasteiger charge is 2.27.